The smallest absolute Gasteiger partial charge is 0.228 e. The Balaban J connectivity index is 2.02. The quantitative estimate of drug-likeness (QED) is 0.841. The Hall–Kier alpha value is -1.34. The maximum absolute atomic E-state index is 12.0. The van der Waals surface area contributed by atoms with E-state index in [1.165, 1.54) is 0 Å². The van der Waals surface area contributed by atoms with Crippen LogP contribution >= 0.6 is 15.9 Å². The van der Waals surface area contributed by atoms with Crippen molar-refractivity contribution in [3.05, 3.63) is 34.3 Å². The summed E-state index contributed by atoms with van der Waals surface area (Å²) in [6.45, 7) is 0.716. The predicted octanol–water partition coefficient (Wildman–Crippen LogP) is 2.51. The summed E-state index contributed by atoms with van der Waals surface area (Å²) in [7, 11) is 0. The minimum Gasteiger partial charge on any atom is -0.326 e. The second-order valence-electron chi connectivity index (χ2n) is 4.18. The molecule has 1 fully saturated rings. The van der Waals surface area contributed by atoms with Crippen molar-refractivity contribution < 1.29 is 4.79 Å². The summed E-state index contributed by atoms with van der Waals surface area (Å²) >= 11 is 3.36. The Kier molecular flexibility index (Phi) is 3.80. The Labute approximate surface area is 109 Å². The average molecular weight is 293 g/mol. The molecule has 1 aromatic carbocycles. The molecule has 1 aromatic rings. The first-order chi connectivity index (χ1) is 8.20. The van der Waals surface area contributed by atoms with Gasteiger partial charge in [-0.2, -0.15) is 5.26 Å². The van der Waals surface area contributed by atoms with Gasteiger partial charge in [-0.05, 0) is 30.5 Å². The predicted molar refractivity (Wildman–Crippen MR) is 68.2 cm³/mol. The zero-order chi connectivity index (χ0) is 12.3. The fourth-order valence-corrected chi connectivity index (χ4v) is 2.34. The number of likely N-dealkylation sites (tertiary alicyclic amines) is 1. The Morgan fingerprint density at radius 3 is 2.82 bits per heavy atom. The van der Waals surface area contributed by atoms with E-state index in [1.54, 1.807) is 4.90 Å². The molecule has 17 heavy (non-hydrogen) atoms. The van der Waals surface area contributed by atoms with Crippen LogP contribution in [-0.2, 0) is 11.2 Å². The summed E-state index contributed by atoms with van der Waals surface area (Å²) in [5, 5.41) is 8.94. The van der Waals surface area contributed by atoms with Gasteiger partial charge in [0.05, 0.1) is 12.5 Å². The highest BCUT2D eigenvalue weighted by molar-refractivity contribution is 9.10. The lowest BCUT2D eigenvalue weighted by Crippen LogP contribution is -2.35. The first-order valence-electron chi connectivity index (χ1n) is 5.64. The largest absolute Gasteiger partial charge is 0.326 e. The highest BCUT2D eigenvalue weighted by atomic mass is 79.9. The molecule has 0 radical (unpaired) electrons. The lowest BCUT2D eigenvalue weighted by molar-refractivity contribution is -0.130. The normalized spacial score (nSPS) is 19.1. The van der Waals surface area contributed by atoms with Gasteiger partial charge in [-0.15, -0.1) is 0 Å². The van der Waals surface area contributed by atoms with E-state index in [4.69, 9.17) is 5.26 Å². The molecule has 0 bridgehead atoms. The van der Waals surface area contributed by atoms with Crippen LogP contribution in [0.25, 0.3) is 0 Å². The lowest BCUT2D eigenvalue weighted by Gasteiger charge is -2.19. The number of carbonyl (C=O) groups excluding carboxylic acids is 1. The number of rotatable bonds is 2. The van der Waals surface area contributed by atoms with Crippen LogP contribution in [0.15, 0.2) is 28.7 Å². The molecule has 0 aliphatic carbocycles. The third-order valence-corrected chi connectivity index (χ3v) is 3.52. The summed E-state index contributed by atoms with van der Waals surface area (Å²) in [5.41, 5.74) is 0.988. The van der Waals surface area contributed by atoms with Crippen LogP contribution in [0.5, 0.6) is 0 Å². The van der Waals surface area contributed by atoms with E-state index >= 15 is 0 Å². The molecule has 0 aromatic heterocycles. The van der Waals surface area contributed by atoms with Crippen LogP contribution in [-0.4, -0.2) is 23.4 Å². The van der Waals surface area contributed by atoms with Crippen LogP contribution in [0.4, 0.5) is 0 Å². The van der Waals surface area contributed by atoms with Gasteiger partial charge >= 0.3 is 0 Å². The summed E-state index contributed by atoms with van der Waals surface area (Å²) in [4.78, 5) is 13.7. The topological polar surface area (TPSA) is 44.1 Å². The molecule has 3 nitrogen and oxygen atoms in total. The molecule has 1 aliphatic heterocycles. The molecule has 1 amide bonds. The first-order valence-corrected chi connectivity index (χ1v) is 6.43. The Morgan fingerprint density at radius 2 is 2.18 bits per heavy atom. The second-order valence-corrected chi connectivity index (χ2v) is 5.09. The number of amides is 1. The van der Waals surface area contributed by atoms with E-state index in [-0.39, 0.29) is 11.9 Å². The van der Waals surface area contributed by atoms with Gasteiger partial charge in [-0.1, -0.05) is 28.1 Å². The van der Waals surface area contributed by atoms with Gasteiger partial charge in [0, 0.05) is 11.0 Å². The summed E-state index contributed by atoms with van der Waals surface area (Å²) < 4.78 is 1.00. The van der Waals surface area contributed by atoms with Crippen molar-refractivity contribution >= 4 is 21.8 Å². The summed E-state index contributed by atoms with van der Waals surface area (Å²) in [6, 6.07) is 9.67. The SMILES string of the molecule is N#CC1CCCN1C(=O)Cc1ccc(Br)cc1. The highest BCUT2D eigenvalue weighted by Gasteiger charge is 2.28. The Morgan fingerprint density at radius 1 is 1.47 bits per heavy atom. The van der Waals surface area contributed by atoms with Crippen LogP contribution in [0.1, 0.15) is 18.4 Å². The molecular weight excluding hydrogens is 280 g/mol. The number of hydrogen-bond acceptors (Lipinski definition) is 2. The molecule has 0 saturated carbocycles. The van der Waals surface area contributed by atoms with Crippen molar-refractivity contribution in [2.24, 2.45) is 0 Å². The van der Waals surface area contributed by atoms with E-state index in [9.17, 15) is 4.79 Å². The number of hydrogen-bond donors (Lipinski definition) is 0. The molecule has 1 aliphatic rings. The van der Waals surface area contributed by atoms with Gasteiger partial charge in [0.25, 0.3) is 0 Å². The molecular formula is C13H13BrN2O. The second kappa shape index (κ2) is 5.33. The molecule has 1 atom stereocenters. The van der Waals surface area contributed by atoms with Gasteiger partial charge in [0.15, 0.2) is 0 Å². The maximum atomic E-state index is 12.0. The van der Waals surface area contributed by atoms with Crippen LogP contribution in [0.2, 0.25) is 0 Å². The molecule has 0 spiro atoms. The molecule has 1 heterocycles. The molecule has 1 unspecified atom stereocenters. The summed E-state index contributed by atoms with van der Waals surface area (Å²) in [5.74, 6) is 0.0522. The van der Waals surface area contributed by atoms with Crippen molar-refractivity contribution in [3.63, 3.8) is 0 Å². The summed E-state index contributed by atoms with van der Waals surface area (Å²) in [6.07, 6.45) is 2.12. The Bertz CT molecular complexity index is 449. The fourth-order valence-electron chi connectivity index (χ4n) is 2.08. The molecule has 0 N–H and O–H groups in total. The molecule has 4 heteroatoms. The van der Waals surface area contributed by atoms with Gasteiger partial charge in [-0.3, -0.25) is 4.79 Å². The minimum absolute atomic E-state index is 0.0522. The maximum Gasteiger partial charge on any atom is 0.228 e. The van der Waals surface area contributed by atoms with E-state index in [0.29, 0.717) is 13.0 Å². The van der Waals surface area contributed by atoms with Crippen LogP contribution in [0, 0.1) is 11.3 Å². The zero-order valence-corrected chi connectivity index (χ0v) is 11.0. The van der Waals surface area contributed by atoms with E-state index in [2.05, 4.69) is 22.0 Å². The highest BCUT2D eigenvalue weighted by Crippen LogP contribution is 2.18. The van der Waals surface area contributed by atoms with Crippen molar-refractivity contribution in [1.82, 2.24) is 4.90 Å². The van der Waals surface area contributed by atoms with Gasteiger partial charge in [-0.25, -0.2) is 0 Å². The first kappa shape index (κ1) is 12.1. The lowest BCUT2D eigenvalue weighted by atomic mass is 10.1. The van der Waals surface area contributed by atoms with Crippen LogP contribution in [0.3, 0.4) is 0 Å². The third-order valence-electron chi connectivity index (χ3n) is 2.99. The van der Waals surface area contributed by atoms with E-state index in [0.717, 1.165) is 22.9 Å². The van der Waals surface area contributed by atoms with Crippen molar-refractivity contribution in [1.29, 1.82) is 5.26 Å². The number of benzene rings is 1. The molecule has 1 saturated heterocycles. The van der Waals surface area contributed by atoms with Crippen LogP contribution < -0.4 is 0 Å². The van der Waals surface area contributed by atoms with E-state index in [1.807, 2.05) is 24.3 Å². The molecule has 88 valence electrons. The standard InChI is InChI=1S/C13H13BrN2O/c14-11-5-3-10(4-6-11)8-13(17)16-7-1-2-12(16)9-15/h3-6,12H,1-2,7-8H2. The molecule has 2 rings (SSSR count). The van der Waals surface area contributed by atoms with Crippen molar-refractivity contribution in [2.75, 3.05) is 6.54 Å². The minimum atomic E-state index is -0.224. The fraction of sp³-hybridized carbons (Fsp3) is 0.385. The number of halogens is 1. The van der Waals surface area contributed by atoms with Gasteiger partial charge < -0.3 is 4.90 Å². The zero-order valence-electron chi connectivity index (χ0n) is 9.40. The van der Waals surface area contributed by atoms with Crippen molar-refractivity contribution in [2.45, 2.75) is 25.3 Å². The van der Waals surface area contributed by atoms with Crippen molar-refractivity contribution in [3.8, 4) is 6.07 Å². The van der Waals surface area contributed by atoms with Gasteiger partial charge in [0.1, 0.15) is 6.04 Å². The number of nitriles is 1. The monoisotopic (exact) mass is 292 g/mol. The number of nitrogens with zero attached hydrogens (tertiary/aromatic N) is 2. The third kappa shape index (κ3) is 2.86. The number of carbonyl (C=O) groups is 1. The van der Waals surface area contributed by atoms with E-state index < -0.39 is 0 Å². The average Bonchev–Trinajstić information content (AvgIpc) is 2.80. The van der Waals surface area contributed by atoms with Gasteiger partial charge in [0.2, 0.25) is 5.91 Å².